The Morgan fingerprint density at radius 3 is 2.48 bits per heavy atom. The molecule has 1 aromatic rings. The lowest BCUT2D eigenvalue weighted by Gasteiger charge is -2.09. The highest BCUT2D eigenvalue weighted by atomic mass is 35.5. The van der Waals surface area contributed by atoms with Crippen molar-refractivity contribution in [3.05, 3.63) is 29.3 Å². The summed E-state index contributed by atoms with van der Waals surface area (Å²) in [4.78, 5) is 23.7. The Morgan fingerprint density at radius 2 is 1.81 bits per heavy atom. The van der Waals surface area contributed by atoms with Gasteiger partial charge >= 0.3 is 6.03 Å². The van der Waals surface area contributed by atoms with Gasteiger partial charge in [0.15, 0.2) is 0 Å². The zero-order valence-electron chi connectivity index (χ0n) is 11.6. The quantitative estimate of drug-likeness (QED) is 0.735. The standard InChI is InChI=1S/C15H18ClN3O2/c16-9-4-3-5-10(8-9)17-15(21)19-18-14(20)13-11-6-1-2-7-12(11)13/h3-5,8,11-13H,1-2,6-7H2,(H,18,20)(H2,17,19,21)/t11-,12+,13?. The van der Waals surface area contributed by atoms with E-state index in [1.165, 1.54) is 12.8 Å². The van der Waals surface area contributed by atoms with Crippen molar-refractivity contribution in [3.8, 4) is 0 Å². The van der Waals surface area contributed by atoms with Crippen LogP contribution in [0.4, 0.5) is 10.5 Å². The van der Waals surface area contributed by atoms with Gasteiger partial charge in [0.25, 0.3) is 0 Å². The molecule has 0 radical (unpaired) electrons. The molecule has 0 aliphatic heterocycles. The Kier molecular flexibility index (Phi) is 4.01. The number of hydrogen-bond donors (Lipinski definition) is 3. The second kappa shape index (κ2) is 5.93. The van der Waals surface area contributed by atoms with Crippen molar-refractivity contribution in [2.24, 2.45) is 17.8 Å². The molecule has 112 valence electrons. The largest absolute Gasteiger partial charge is 0.337 e. The fourth-order valence-electron chi connectivity index (χ4n) is 3.31. The van der Waals surface area contributed by atoms with Crippen LogP contribution in [0.15, 0.2) is 24.3 Å². The van der Waals surface area contributed by atoms with Crippen molar-refractivity contribution in [2.45, 2.75) is 25.7 Å². The highest BCUT2D eigenvalue weighted by molar-refractivity contribution is 6.30. The van der Waals surface area contributed by atoms with Crippen LogP contribution in [-0.4, -0.2) is 11.9 Å². The van der Waals surface area contributed by atoms with Crippen molar-refractivity contribution in [1.29, 1.82) is 0 Å². The lowest BCUT2D eigenvalue weighted by Crippen LogP contribution is -2.45. The van der Waals surface area contributed by atoms with Crippen LogP contribution in [0.25, 0.3) is 0 Å². The maximum absolute atomic E-state index is 12.0. The maximum Gasteiger partial charge on any atom is 0.337 e. The molecule has 0 saturated heterocycles. The Hall–Kier alpha value is -1.75. The summed E-state index contributed by atoms with van der Waals surface area (Å²) < 4.78 is 0. The molecule has 21 heavy (non-hydrogen) atoms. The third kappa shape index (κ3) is 3.29. The van der Waals surface area contributed by atoms with Crippen LogP contribution in [0.3, 0.4) is 0 Å². The van der Waals surface area contributed by atoms with Crippen molar-refractivity contribution in [2.75, 3.05) is 5.32 Å². The monoisotopic (exact) mass is 307 g/mol. The van der Waals surface area contributed by atoms with Crippen LogP contribution in [0.2, 0.25) is 5.02 Å². The van der Waals surface area contributed by atoms with E-state index in [9.17, 15) is 9.59 Å². The van der Waals surface area contributed by atoms with Gasteiger partial charge in [-0.25, -0.2) is 10.2 Å². The number of hydrazine groups is 1. The minimum atomic E-state index is -0.478. The number of carbonyl (C=O) groups excluding carboxylic acids is 2. The van der Waals surface area contributed by atoms with E-state index in [0.29, 0.717) is 22.5 Å². The molecular weight excluding hydrogens is 290 g/mol. The van der Waals surface area contributed by atoms with Crippen LogP contribution >= 0.6 is 11.6 Å². The first-order valence-electron chi connectivity index (χ1n) is 7.27. The summed E-state index contributed by atoms with van der Waals surface area (Å²) in [5.74, 6) is 1.06. The molecule has 2 saturated carbocycles. The molecule has 3 N–H and O–H groups in total. The number of urea groups is 1. The number of benzene rings is 1. The fourth-order valence-corrected chi connectivity index (χ4v) is 3.50. The van der Waals surface area contributed by atoms with Gasteiger partial charge in [-0.15, -0.1) is 0 Å². The minimum Gasteiger partial charge on any atom is -0.307 e. The molecule has 5 nitrogen and oxygen atoms in total. The Balaban J connectivity index is 1.45. The topological polar surface area (TPSA) is 70.2 Å². The number of amides is 3. The van der Waals surface area contributed by atoms with Gasteiger partial charge < -0.3 is 5.32 Å². The number of nitrogens with one attached hydrogen (secondary N) is 3. The van der Waals surface area contributed by atoms with Crippen molar-refractivity contribution in [1.82, 2.24) is 10.9 Å². The second-order valence-corrected chi connectivity index (χ2v) is 6.15. The van der Waals surface area contributed by atoms with Crippen LogP contribution in [0.5, 0.6) is 0 Å². The fraction of sp³-hybridized carbons (Fsp3) is 0.467. The first-order chi connectivity index (χ1) is 10.1. The number of hydrogen-bond acceptors (Lipinski definition) is 2. The van der Waals surface area contributed by atoms with Gasteiger partial charge in [-0.2, -0.15) is 0 Å². The SMILES string of the molecule is O=C(NNC(=O)C1[C@H]2CCCC[C@@H]12)Nc1cccc(Cl)c1. The van der Waals surface area contributed by atoms with Gasteiger partial charge in [0.1, 0.15) is 0 Å². The predicted molar refractivity (Wildman–Crippen MR) is 80.7 cm³/mol. The van der Waals surface area contributed by atoms with Gasteiger partial charge in [-0.3, -0.25) is 10.2 Å². The van der Waals surface area contributed by atoms with E-state index in [0.717, 1.165) is 12.8 Å². The van der Waals surface area contributed by atoms with Crippen molar-refractivity contribution >= 4 is 29.2 Å². The minimum absolute atomic E-state index is 0.0758. The summed E-state index contributed by atoms with van der Waals surface area (Å²) in [7, 11) is 0. The Labute approximate surface area is 128 Å². The normalized spacial score (nSPS) is 26.4. The van der Waals surface area contributed by atoms with Gasteiger partial charge in [0.05, 0.1) is 0 Å². The smallest absolute Gasteiger partial charge is 0.307 e. The van der Waals surface area contributed by atoms with Crippen LogP contribution in [-0.2, 0) is 4.79 Å². The van der Waals surface area contributed by atoms with E-state index in [2.05, 4.69) is 16.2 Å². The van der Waals surface area contributed by atoms with E-state index >= 15 is 0 Å². The molecule has 0 heterocycles. The van der Waals surface area contributed by atoms with E-state index in [1.807, 2.05) is 0 Å². The predicted octanol–water partition coefficient (Wildman–Crippen LogP) is 2.93. The van der Waals surface area contributed by atoms with Gasteiger partial charge in [0.2, 0.25) is 5.91 Å². The molecule has 0 spiro atoms. The molecular formula is C15H18ClN3O2. The second-order valence-electron chi connectivity index (χ2n) is 5.72. The molecule has 6 heteroatoms. The third-order valence-electron chi connectivity index (χ3n) is 4.34. The lowest BCUT2D eigenvalue weighted by molar-refractivity contribution is -0.123. The average molecular weight is 308 g/mol. The van der Waals surface area contributed by atoms with Crippen molar-refractivity contribution < 1.29 is 9.59 Å². The van der Waals surface area contributed by atoms with Gasteiger partial charge in [0, 0.05) is 16.6 Å². The highest BCUT2D eigenvalue weighted by Gasteiger charge is 2.54. The zero-order valence-corrected chi connectivity index (χ0v) is 12.3. The molecule has 2 aliphatic rings. The number of halogens is 1. The lowest BCUT2D eigenvalue weighted by atomic mass is 10.0. The Morgan fingerprint density at radius 1 is 1.10 bits per heavy atom. The van der Waals surface area contributed by atoms with Crippen LogP contribution < -0.4 is 16.2 Å². The van der Waals surface area contributed by atoms with E-state index in [4.69, 9.17) is 11.6 Å². The zero-order chi connectivity index (χ0) is 14.8. The first kappa shape index (κ1) is 14.2. The molecule has 3 atom stereocenters. The summed E-state index contributed by atoms with van der Waals surface area (Å²) in [5.41, 5.74) is 5.47. The third-order valence-corrected chi connectivity index (χ3v) is 4.58. The average Bonchev–Trinajstić information content (AvgIpc) is 3.19. The number of carbonyl (C=O) groups is 2. The molecule has 2 fully saturated rings. The molecule has 3 rings (SSSR count). The summed E-state index contributed by atoms with van der Waals surface area (Å²) in [6, 6.07) is 6.35. The summed E-state index contributed by atoms with van der Waals surface area (Å²) in [6.45, 7) is 0. The summed E-state index contributed by atoms with van der Waals surface area (Å²) >= 11 is 5.83. The van der Waals surface area contributed by atoms with E-state index < -0.39 is 6.03 Å². The highest BCUT2D eigenvalue weighted by Crippen LogP contribution is 2.55. The van der Waals surface area contributed by atoms with Crippen LogP contribution in [0, 0.1) is 17.8 Å². The van der Waals surface area contributed by atoms with Gasteiger partial charge in [-0.1, -0.05) is 30.5 Å². The molecule has 0 bridgehead atoms. The Bertz CT molecular complexity index is 552. The summed E-state index contributed by atoms with van der Waals surface area (Å²) in [6.07, 6.45) is 4.70. The van der Waals surface area contributed by atoms with E-state index in [-0.39, 0.29) is 11.8 Å². The first-order valence-corrected chi connectivity index (χ1v) is 7.65. The molecule has 1 unspecified atom stereocenters. The summed E-state index contributed by atoms with van der Waals surface area (Å²) in [5, 5.41) is 3.15. The number of fused-ring (bicyclic) bond motifs is 1. The number of rotatable bonds is 2. The van der Waals surface area contributed by atoms with E-state index in [1.54, 1.807) is 24.3 Å². The maximum atomic E-state index is 12.0. The number of anilines is 1. The molecule has 2 aliphatic carbocycles. The van der Waals surface area contributed by atoms with Crippen molar-refractivity contribution in [3.63, 3.8) is 0 Å². The molecule has 3 amide bonds. The van der Waals surface area contributed by atoms with Gasteiger partial charge in [-0.05, 0) is 42.9 Å². The molecule has 0 aromatic heterocycles. The molecule has 1 aromatic carbocycles. The van der Waals surface area contributed by atoms with Crippen LogP contribution in [0.1, 0.15) is 25.7 Å².